The van der Waals surface area contributed by atoms with Crippen LogP contribution in [-0.4, -0.2) is 66.0 Å². The molecule has 148 valence electrons. The van der Waals surface area contributed by atoms with Crippen molar-refractivity contribution in [2.45, 2.75) is 68.5 Å². The van der Waals surface area contributed by atoms with Crippen LogP contribution in [-0.2, 0) is 14.8 Å². The largest absolute Gasteiger partial charge is 0.326 e. The highest BCUT2D eigenvalue weighted by molar-refractivity contribution is 7.89. The van der Waals surface area contributed by atoms with Crippen molar-refractivity contribution in [1.82, 2.24) is 14.5 Å². The van der Waals surface area contributed by atoms with Crippen LogP contribution in [0.2, 0.25) is 0 Å². The molecular formula is C19H28N4O3S. The number of sulfonamides is 1. The molecule has 0 aromatic heterocycles. The lowest BCUT2D eigenvalue weighted by Gasteiger charge is -2.46. The average Bonchev–Trinajstić information content (AvgIpc) is 3.33. The Bertz CT molecular complexity index is 808. The maximum Gasteiger partial charge on any atom is 0.237 e. The van der Waals surface area contributed by atoms with Crippen molar-refractivity contribution in [1.29, 1.82) is 5.26 Å². The molecule has 5 atom stereocenters. The lowest BCUT2D eigenvalue weighted by Crippen LogP contribution is -2.56. The zero-order chi connectivity index (χ0) is 18.9. The topological polar surface area (TPSA) is 93.5 Å². The number of hydrogen-bond donors (Lipinski definition) is 1. The summed E-state index contributed by atoms with van der Waals surface area (Å²) in [6, 6.07) is 1.95. The second kappa shape index (κ2) is 5.91. The normalized spacial score (nSPS) is 44.9. The van der Waals surface area contributed by atoms with Crippen molar-refractivity contribution in [3.05, 3.63) is 0 Å². The highest BCUT2D eigenvalue weighted by Gasteiger charge is 2.67. The Morgan fingerprint density at radius 2 is 2.07 bits per heavy atom. The summed E-state index contributed by atoms with van der Waals surface area (Å²) in [6.45, 7) is 1.60. The molecule has 0 aromatic rings. The lowest BCUT2D eigenvalue weighted by molar-refractivity contribution is -0.130. The molecule has 0 radical (unpaired) electrons. The number of carbonyl (C=O) groups is 1. The molecule has 0 spiro atoms. The highest BCUT2D eigenvalue weighted by atomic mass is 32.2. The van der Waals surface area contributed by atoms with Gasteiger partial charge in [-0.25, -0.2) is 8.42 Å². The molecule has 27 heavy (non-hydrogen) atoms. The predicted molar refractivity (Wildman–Crippen MR) is 99.0 cm³/mol. The van der Waals surface area contributed by atoms with Crippen LogP contribution < -0.4 is 5.32 Å². The monoisotopic (exact) mass is 392 g/mol. The molecule has 6 aliphatic rings. The van der Waals surface area contributed by atoms with Gasteiger partial charge < -0.3 is 10.2 Å². The Hall–Kier alpha value is -1.17. The number of hydrogen-bond acceptors (Lipinski definition) is 5. The average molecular weight is 393 g/mol. The minimum atomic E-state index is -3.12. The Morgan fingerprint density at radius 3 is 2.81 bits per heavy atom. The summed E-state index contributed by atoms with van der Waals surface area (Å²) in [7, 11) is -3.12. The van der Waals surface area contributed by atoms with Crippen molar-refractivity contribution < 1.29 is 13.2 Å². The van der Waals surface area contributed by atoms with E-state index in [-0.39, 0.29) is 35.3 Å². The first-order valence-electron chi connectivity index (χ1n) is 10.3. The maximum atomic E-state index is 12.7. The number of nitriles is 1. The Balaban J connectivity index is 1.32. The van der Waals surface area contributed by atoms with Crippen molar-refractivity contribution in [3.8, 4) is 6.07 Å². The number of carbonyl (C=O) groups excluding carboxylic acids is 1. The van der Waals surface area contributed by atoms with E-state index in [0.717, 1.165) is 51.4 Å². The third kappa shape index (κ3) is 2.58. The zero-order valence-electron chi connectivity index (χ0n) is 15.7. The van der Waals surface area contributed by atoms with Crippen LogP contribution in [0.15, 0.2) is 0 Å². The van der Waals surface area contributed by atoms with Crippen molar-refractivity contribution in [2.75, 3.05) is 25.4 Å². The molecule has 6 rings (SSSR count). The fraction of sp³-hybridized carbons (Fsp3) is 0.895. The summed E-state index contributed by atoms with van der Waals surface area (Å²) in [5, 5.41) is 12.8. The van der Waals surface area contributed by atoms with Gasteiger partial charge in [0.15, 0.2) is 0 Å². The van der Waals surface area contributed by atoms with Gasteiger partial charge in [-0.15, -0.1) is 0 Å². The van der Waals surface area contributed by atoms with Crippen LogP contribution in [0.4, 0.5) is 0 Å². The lowest BCUT2D eigenvalue weighted by atomic mass is 9.74. The Labute approximate surface area is 161 Å². The molecule has 4 bridgehead atoms. The summed E-state index contributed by atoms with van der Waals surface area (Å²) >= 11 is 0. The van der Waals surface area contributed by atoms with Crippen molar-refractivity contribution in [3.63, 3.8) is 0 Å². The van der Waals surface area contributed by atoms with E-state index in [1.807, 2.05) is 4.31 Å². The fourth-order valence-electron chi connectivity index (χ4n) is 7.15. The molecular weight excluding hydrogens is 364 g/mol. The van der Waals surface area contributed by atoms with Gasteiger partial charge in [-0.05, 0) is 63.2 Å². The van der Waals surface area contributed by atoms with Crippen molar-refractivity contribution >= 4 is 15.9 Å². The quantitative estimate of drug-likeness (QED) is 0.765. The molecule has 1 N–H and O–H groups in total. The molecule has 1 amide bonds. The number of likely N-dealkylation sites (tertiary alicyclic amines) is 1. The van der Waals surface area contributed by atoms with E-state index >= 15 is 0 Å². The first-order valence-corrected chi connectivity index (χ1v) is 11.9. The molecule has 4 aliphatic carbocycles. The molecule has 8 heteroatoms. The van der Waals surface area contributed by atoms with Gasteiger partial charge in [0.2, 0.25) is 15.9 Å². The smallest absolute Gasteiger partial charge is 0.237 e. The van der Waals surface area contributed by atoms with Gasteiger partial charge in [0, 0.05) is 24.2 Å². The van der Waals surface area contributed by atoms with Crippen LogP contribution in [0, 0.1) is 23.2 Å². The summed E-state index contributed by atoms with van der Waals surface area (Å²) in [5.74, 6) is 1.33. The molecule has 2 heterocycles. The van der Waals surface area contributed by atoms with E-state index < -0.39 is 10.0 Å². The second-order valence-corrected chi connectivity index (χ2v) is 11.5. The van der Waals surface area contributed by atoms with E-state index in [0.29, 0.717) is 24.9 Å². The number of amides is 1. The van der Waals surface area contributed by atoms with Crippen LogP contribution in [0.25, 0.3) is 0 Å². The SMILES string of the molecule is N#CC1CCCN1C(=O)CNC12CC3CC1C[C@@](N1CCCS1(=O)=O)(C3)C2. The van der Waals surface area contributed by atoms with Crippen molar-refractivity contribution in [2.24, 2.45) is 11.8 Å². The zero-order valence-corrected chi connectivity index (χ0v) is 16.5. The molecule has 6 fully saturated rings. The Kier molecular flexibility index (Phi) is 3.92. The summed E-state index contributed by atoms with van der Waals surface area (Å²) in [6.07, 6.45) is 7.39. The van der Waals surface area contributed by atoms with E-state index in [9.17, 15) is 18.5 Å². The van der Waals surface area contributed by atoms with E-state index in [1.54, 1.807) is 4.90 Å². The van der Waals surface area contributed by atoms with Gasteiger partial charge in [-0.1, -0.05) is 0 Å². The van der Waals surface area contributed by atoms with Gasteiger partial charge in [0.25, 0.3) is 0 Å². The Morgan fingerprint density at radius 1 is 1.22 bits per heavy atom. The first kappa shape index (κ1) is 17.9. The molecule has 2 saturated heterocycles. The molecule has 7 nitrogen and oxygen atoms in total. The number of rotatable bonds is 4. The minimum Gasteiger partial charge on any atom is -0.326 e. The van der Waals surface area contributed by atoms with E-state index in [4.69, 9.17) is 0 Å². The fourth-order valence-corrected chi connectivity index (χ4v) is 9.08. The van der Waals surface area contributed by atoms with Crippen LogP contribution in [0.3, 0.4) is 0 Å². The van der Waals surface area contributed by atoms with Gasteiger partial charge in [-0.2, -0.15) is 9.57 Å². The first-order chi connectivity index (χ1) is 12.9. The van der Waals surface area contributed by atoms with Gasteiger partial charge in [-0.3, -0.25) is 4.79 Å². The molecule has 2 aliphatic heterocycles. The minimum absolute atomic E-state index is 0.0162. The van der Waals surface area contributed by atoms with Gasteiger partial charge in [0.1, 0.15) is 6.04 Å². The third-order valence-corrected chi connectivity index (χ3v) is 9.98. The predicted octanol–water partition coefficient (Wildman–Crippen LogP) is 0.827. The van der Waals surface area contributed by atoms with E-state index in [1.165, 1.54) is 0 Å². The summed E-state index contributed by atoms with van der Waals surface area (Å²) < 4.78 is 27.0. The van der Waals surface area contributed by atoms with Crippen LogP contribution in [0.5, 0.6) is 0 Å². The van der Waals surface area contributed by atoms with E-state index in [2.05, 4.69) is 11.4 Å². The third-order valence-electron chi connectivity index (χ3n) is 7.93. The van der Waals surface area contributed by atoms with Gasteiger partial charge in [0.05, 0.1) is 18.4 Å². The molecule has 4 unspecified atom stereocenters. The van der Waals surface area contributed by atoms with Crippen LogP contribution >= 0.6 is 0 Å². The van der Waals surface area contributed by atoms with Gasteiger partial charge >= 0.3 is 0 Å². The standard InChI is InChI=1S/C19H28N4O3S/c20-11-16-3-1-4-22(16)17(24)12-21-19-9-14-7-15(19)10-18(8-14,13-19)23-5-2-6-27(23,25)26/h14-16,21H,1-10,12-13H2/t14?,15?,16?,18-,19?/m0/s1. The summed E-state index contributed by atoms with van der Waals surface area (Å²) in [4.78, 5) is 14.4. The van der Waals surface area contributed by atoms with Crippen LogP contribution in [0.1, 0.15) is 51.4 Å². The second-order valence-electron chi connectivity index (χ2n) is 9.44. The molecule has 0 aromatic carbocycles. The molecule has 4 saturated carbocycles. The maximum absolute atomic E-state index is 12.7. The number of nitrogens with zero attached hydrogens (tertiary/aromatic N) is 3. The number of nitrogens with one attached hydrogen (secondary N) is 1. The summed E-state index contributed by atoms with van der Waals surface area (Å²) in [5.41, 5.74) is -0.321. The highest BCUT2D eigenvalue weighted by Crippen LogP contribution is 2.64.